The van der Waals surface area contributed by atoms with Gasteiger partial charge in [-0.1, -0.05) is 61.3 Å². The van der Waals surface area contributed by atoms with Crippen molar-refractivity contribution < 1.29 is 132 Å². The van der Waals surface area contributed by atoms with Crippen LogP contribution in [0.1, 0.15) is 269 Å². The van der Waals surface area contributed by atoms with E-state index in [9.17, 15) is 84.3 Å². The molecule has 28 nitrogen and oxygen atoms in total. The lowest BCUT2D eigenvalue weighted by atomic mass is 9.67. The molecule has 123 heavy (non-hydrogen) atoms. The Balaban J connectivity index is 1.33. The molecule has 33 heteroatoms. The molecule has 700 valence electrons. The van der Waals surface area contributed by atoms with E-state index in [2.05, 4.69) is 65.9 Å². The van der Waals surface area contributed by atoms with Crippen LogP contribution < -0.4 is 31.3 Å². The number of ketones is 4. The van der Waals surface area contributed by atoms with Gasteiger partial charge in [-0.15, -0.1) is 0 Å². The number of carbonyl (C=O) groups is 13. The number of hydrogen-bond donors (Lipinski definition) is 5. The zero-order valence-electron chi connectivity index (χ0n) is 74.8. The number of amides is 5. The Morgan fingerprint density at radius 2 is 0.667 bits per heavy atom. The van der Waals surface area contributed by atoms with E-state index in [0.717, 1.165) is 12.8 Å². The van der Waals surface area contributed by atoms with E-state index < -0.39 is 77.6 Å². The number of Topliss-reactive ketones (excluding diaryl/α,β-unsaturated/α-hetero) is 4. The summed E-state index contributed by atoms with van der Waals surface area (Å²) in [6.07, 6.45) is 8.88. The first-order valence-electron chi connectivity index (χ1n) is 44.6. The van der Waals surface area contributed by atoms with Gasteiger partial charge in [0.25, 0.3) is 0 Å². The van der Waals surface area contributed by atoms with Crippen molar-refractivity contribution in [2.75, 3.05) is 92.4 Å². The Morgan fingerprint density at radius 3 is 1.07 bits per heavy atom. The molecule has 3 aliphatic rings. The van der Waals surface area contributed by atoms with Crippen molar-refractivity contribution in [2.45, 2.75) is 305 Å². The van der Waals surface area contributed by atoms with Crippen molar-refractivity contribution in [3.63, 3.8) is 0 Å². The average molecular weight is 1760 g/mol. The van der Waals surface area contributed by atoms with Crippen molar-refractivity contribution in [2.24, 2.45) is 59.2 Å². The lowest BCUT2D eigenvalue weighted by molar-refractivity contribution is -0.146. The third-order valence-corrected chi connectivity index (χ3v) is 24.5. The largest absolute Gasteiger partial charge is 0.466 e. The Labute approximate surface area is 723 Å². The first kappa shape index (κ1) is 108. The molecule has 0 heterocycles. The summed E-state index contributed by atoms with van der Waals surface area (Å²) in [5, 5.41) is 14.5. The van der Waals surface area contributed by atoms with Crippen LogP contribution in [0, 0.1) is 88.3 Å². The van der Waals surface area contributed by atoms with Crippen molar-refractivity contribution in [3.05, 3.63) is 29.1 Å². The van der Waals surface area contributed by atoms with Crippen LogP contribution in [0.15, 0.2) is 0 Å². The summed E-state index contributed by atoms with van der Waals surface area (Å²) in [6.45, 7) is 22.7. The summed E-state index contributed by atoms with van der Waals surface area (Å²) in [4.78, 5) is 164. The van der Waals surface area contributed by atoms with Crippen molar-refractivity contribution in [1.29, 1.82) is 0 Å². The molecule has 7 unspecified atom stereocenters. The monoisotopic (exact) mass is 1760 g/mol. The minimum atomic E-state index is -2.47. The smallest absolute Gasteiger partial charge is 0.311 e. The predicted octanol–water partition coefficient (Wildman–Crippen LogP) is 12.2. The van der Waals surface area contributed by atoms with Crippen LogP contribution in [-0.2, 0) is 105 Å². The van der Waals surface area contributed by atoms with Gasteiger partial charge in [-0.05, 0) is 155 Å². The summed E-state index contributed by atoms with van der Waals surface area (Å²) < 4.78 is 128. The standard InChI is InChI=1S/C90H142F5N5O23/c1-56-57(2)68(50-120-65(10)103)47-75(60(56)5)117-41-22-19-31-71(106)27-15-13-17-29-73(108)36-44-114-53-90(100-80(112)34-25-35-81(113)123-89-85(94)83(92)82(91)84(93)86(89)95,54-115-45-37-74(109)30-18-14-16-28-72(107)32-20-23-42-118-76-48-69(51-121-66(11)104)58(3)61(6)87(76)98-63(8)101)55-116-46-38-79(111)97-40-26-39-96-78(110)33-21-24-43-119-77-49-70(52-122-67(12)105)59(4)62(7)88(77)99-64(9)102/h56-62,68-70,75-77,87-88H,13-55H2,1-12H3,(H,96,110)(H,97,111)(H,98,101)(H,99,102)(H,100,112)/t56-,57+,58+,59+,60?,61-,62-,68?,69?,70?,75+,76+,77+,87?,88?,90?/m0/s1. The minimum absolute atomic E-state index is 0.0306. The zero-order valence-corrected chi connectivity index (χ0v) is 74.8. The van der Waals surface area contributed by atoms with Crippen molar-refractivity contribution in [1.82, 2.24) is 26.6 Å². The summed E-state index contributed by atoms with van der Waals surface area (Å²) in [5.41, 5.74) is -1.64. The first-order chi connectivity index (χ1) is 58.4. The maximum atomic E-state index is 14.4. The number of halogens is 5. The fourth-order valence-corrected chi connectivity index (χ4v) is 16.3. The molecule has 3 fully saturated rings. The summed E-state index contributed by atoms with van der Waals surface area (Å²) in [5.74, 6) is -16.3. The SMILES string of the molecule is CC(=O)NC1[C@@H](C)[C@@H](C)C(COC(C)=O)C[C@H]1OCCCCC(=O)CCCCCC(=O)CCOCC(COCCC(=O)CCCCCC(=O)CCCCO[C@@H]1CC(COC(C)=O)[C@H](C)[C@H](C)C1C)(COCCC(=O)NCCCNC(=O)CCCCO[C@@H]1CC(COC(C)=O)[C@H](C)[C@H](C)C1NC(C)=O)NC(=O)CCCC(=O)Oc1c(F)c(F)c(F)c(F)c1F. The molecule has 0 bridgehead atoms. The van der Waals surface area contributed by atoms with Gasteiger partial charge >= 0.3 is 23.9 Å². The summed E-state index contributed by atoms with van der Waals surface area (Å²) in [7, 11) is 0. The van der Waals surface area contributed by atoms with Crippen LogP contribution in [0.4, 0.5) is 22.0 Å². The van der Waals surface area contributed by atoms with E-state index in [-0.39, 0.29) is 235 Å². The third-order valence-electron chi connectivity index (χ3n) is 24.5. The summed E-state index contributed by atoms with van der Waals surface area (Å²) in [6, 6.07) is -0.461. The highest BCUT2D eigenvalue weighted by molar-refractivity contribution is 5.81. The Bertz CT molecular complexity index is 3350. The highest BCUT2D eigenvalue weighted by Gasteiger charge is 2.45. The molecule has 1 aromatic rings. The fraction of sp³-hybridized carbons (Fsp3) is 0.789. The molecule has 3 saturated carbocycles. The Hall–Kier alpha value is -7.46. The number of nitrogens with one attached hydrogen (secondary N) is 5. The molecule has 5 amide bonds. The second-order valence-electron chi connectivity index (χ2n) is 34.3. The lowest BCUT2D eigenvalue weighted by Gasteiger charge is -2.44. The highest BCUT2D eigenvalue weighted by Crippen LogP contribution is 2.42. The van der Waals surface area contributed by atoms with Gasteiger partial charge in [-0.25, -0.2) is 13.2 Å². The molecule has 1 aromatic carbocycles. The molecule has 16 atom stereocenters. The van der Waals surface area contributed by atoms with Gasteiger partial charge in [0.15, 0.2) is 0 Å². The van der Waals surface area contributed by atoms with Crippen LogP contribution in [-0.4, -0.2) is 205 Å². The van der Waals surface area contributed by atoms with Crippen LogP contribution in [0.25, 0.3) is 0 Å². The molecule has 0 saturated heterocycles. The Kier molecular flexibility index (Phi) is 51.5. The quantitative estimate of drug-likeness (QED) is 0.00769. The number of rotatable bonds is 63. The topological polar surface area (TPSA) is 374 Å². The lowest BCUT2D eigenvalue weighted by Crippen LogP contribution is -2.58. The molecule has 5 N–H and O–H groups in total. The third kappa shape index (κ3) is 41.7. The van der Waals surface area contributed by atoms with Gasteiger partial charge in [-0.3, -0.25) is 62.3 Å². The highest BCUT2D eigenvalue weighted by atomic mass is 19.2. The average Bonchev–Trinajstić information content (AvgIpc) is 0.809. The van der Waals surface area contributed by atoms with Gasteiger partial charge in [0.1, 0.15) is 28.7 Å². The minimum Gasteiger partial charge on any atom is -0.466 e. The van der Waals surface area contributed by atoms with Crippen LogP contribution in [0.3, 0.4) is 0 Å². The molecule has 4 rings (SSSR count). The fourth-order valence-electron chi connectivity index (χ4n) is 16.3. The van der Waals surface area contributed by atoms with Crippen LogP contribution in [0.2, 0.25) is 0 Å². The maximum absolute atomic E-state index is 14.4. The number of unbranched alkanes of at least 4 members (excludes halogenated alkanes) is 7. The zero-order chi connectivity index (χ0) is 91.1. The van der Waals surface area contributed by atoms with Crippen molar-refractivity contribution >= 4 is 76.5 Å². The molecule has 0 radical (unpaired) electrons. The van der Waals surface area contributed by atoms with E-state index in [1.54, 1.807) is 0 Å². The molecular formula is C90H142F5N5O23. The first-order valence-corrected chi connectivity index (χ1v) is 44.6. The number of hydrogen-bond acceptors (Lipinski definition) is 23. The number of benzene rings is 1. The normalized spacial score (nSPS) is 23.0. The van der Waals surface area contributed by atoms with E-state index in [1.807, 2.05) is 13.8 Å². The van der Waals surface area contributed by atoms with E-state index in [1.165, 1.54) is 34.6 Å². The van der Waals surface area contributed by atoms with Gasteiger partial charge < -0.3 is 74.0 Å². The van der Waals surface area contributed by atoms with E-state index in [4.69, 9.17) is 42.6 Å². The van der Waals surface area contributed by atoms with Crippen LogP contribution in [0.5, 0.6) is 5.75 Å². The predicted molar refractivity (Wildman–Crippen MR) is 444 cm³/mol. The van der Waals surface area contributed by atoms with Gasteiger partial charge in [0.05, 0.1) is 89.9 Å². The molecule has 0 spiro atoms. The number of carbonyl (C=O) groups excluding carboxylic acids is 13. The maximum Gasteiger partial charge on any atom is 0.311 e. The van der Waals surface area contributed by atoms with Gasteiger partial charge in [0, 0.05) is 145 Å². The molecule has 0 aliphatic heterocycles. The van der Waals surface area contributed by atoms with E-state index >= 15 is 0 Å². The molecule has 0 aromatic heterocycles. The Morgan fingerprint density at radius 1 is 0.333 bits per heavy atom. The molecular weight excluding hydrogens is 1610 g/mol. The van der Waals surface area contributed by atoms with Gasteiger partial charge in [0.2, 0.25) is 64.4 Å². The molecule has 3 aliphatic carbocycles. The number of esters is 4. The summed E-state index contributed by atoms with van der Waals surface area (Å²) >= 11 is 0. The van der Waals surface area contributed by atoms with E-state index in [0.29, 0.717) is 160 Å². The number of ether oxygens (including phenoxy) is 10. The van der Waals surface area contributed by atoms with Gasteiger partial charge in [-0.2, -0.15) is 8.78 Å². The van der Waals surface area contributed by atoms with Crippen LogP contribution >= 0.6 is 0 Å². The second-order valence-corrected chi connectivity index (χ2v) is 34.3. The van der Waals surface area contributed by atoms with Crippen molar-refractivity contribution in [3.8, 4) is 5.75 Å². The second kappa shape index (κ2) is 58.7.